The lowest BCUT2D eigenvalue weighted by Gasteiger charge is -2.41. The van der Waals surface area contributed by atoms with Crippen LogP contribution in [0.3, 0.4) is 0 Å². The Balaban J connectivity index is 2.02. The van der Waals surface area contributed by atoms with Crippen molar-refractivity contribution in [3.63, 3.8) is 0 Å². The molecule has 3 aromatic carbocycles. The van der Waals surface area contributed by atoms with Gasteiger partial charge in [0, 0.05) is 22.1 Å². The molecule has 10 heteroatoms. The number of nitrogens with zero attached hydrogens (tertiary/aromatic N) is 1. The Bertz CT molecular complexity index is 1500. The minimum Gasteiger partial charge on any atom is -0.481 e. The number of aliphatic carboxylic acids is 1. The molecule has 0 fully saturated rings. The van der Waals surface area contributed by atoms with Gasteiger partial charge in [0.15, 0.2) is 11.7 Å². The average Bonchev–Trinajstić information content (AvgIpc) is 3.00. The van der Waals surface area contributed by atoms with Crippen LogP contribution in [0.15, 0.2) is 60.7 Å². The van der Waals surface area contributed by atoms with E-state index in [9.17, 15) is 24.3 Å². The highest BCUT2D eigenvalue weighted by Crippen LogP contribution is 2.48. The van der Waals surface area contributed by atoms with Crippen LogP contribution < -0.4 is 10.0 Å². The number of carbonyl (C=O) groups excluding carboxylic acids is 3. The van der Waals surface area contributed by atoms with Gasteiger partial charge >= 0.3 is 17.8 Å². The van der Waals surface area contributed by atoms with Crippen molar-refractivity contribution in [1.29, 1.82) is 0 Å². The minimum atomic E-state index is -1.77. The Morgan fingerprint density at radius 3 is 2.41 bits per heavy atom. The van der Waals surface area contributed by atoms with Gasteiger partial charge in [-0.3, -0.25) is 14.4 Å². The number of hydrogen-bond acceptors (Lipinski definition) is 7. The van der Waals surface area contributed by atoms with Crippen LogP contribution in [0.4, 0.5) is 5.69 Å². The number of benzene rings is 3. The van der Waals surface area contributed by atoms with Crippen molar-refractivity contribution in [2.75, 3.05) is 19.4 Å². The quantitative estimate of drug-likeness (QED) is 0.198. The summed E-state index contributed by atoms with van der Waals surface area (Å²) in [5, 5.41) is 12.2. The van der Waals surface area contributed by atoms with E-state index < -0.39 is 39.7 Å². The molecule has 0 spiro atoms. The molecule has 1 aliphatic heterocycles. The number of ether oxygens (including phenoxy) is 1. The monoisotopic (exact) mass is 597 g/mol. The third kappa shape index (κ3) is 6.18. The zero-order valence-corrected chi connectivity index (χ0v) is 25.2. The number of thioether (sulfide) groups is 1. The Morgan fingerprint density at radius 1 is 1.10 bits per heavy atom. The average molecular weight is 598 g/mol. The Morgan fingerprint density at radius 2 is 1.78 bits per heavy atom. The number of amides is 1. The molecular weight excluding hydrogens is 564 g/mol. The molecular formula is C31H34ClN2O6S+. The molecule has 4 rings (SSSR count). The van der Waals surface area contributed by atoms with Gasteiger partial charge in [0.25, 0.3) is 0 Å². The number of Topliss-reactive ketones (excluding diaryl/α,β-unsaturated/α-hetero) is 1. The molecule has 1 unspecified atom stereocenters. The summed E-state index contributed by atoms with van der Waals surface area (Å²) >= 11 is 8.00. The van der Waals surface area contributed by atoms with Gasteiger partial charge in [-0.05, 0) is 35.4 Å². The summed E-state index contributed by atoms with van der Waals surface area (Å²) in [6, 6.07) is 17.6. The molecule has 1 heterocycles. The van der Waals surface area contributed by atoms with Crippen LogP contribution >= 0.6 is 23.4 Å². The van der Waals surface area contributed by atoms with E-state index >= 15 is 0 Å². The van der Waals surface area contributed by atoms with Gasteiger partial charge < -0.3 is 9.84 Å². The van der Waals surface area contributed by atoms with Crippen molar-refractivity contribution in [3.8, 4) is 0 Å². The van der Waals surface area contributed by atoms with E-state index in [0.717, 1.165) is 35.9 Å². The van der Waals surface area contributed by atoms with Crippen LogP contribution in [0.1, 0.15) is 44.1 Å². The van der Waals surface area contributed by atoms with Crippen LogP contribution in [-0.4, -0.2) is 54.2 Å². The fourth-order valence-electron chi connectivity index (χ4n) is 5.56. The Labute approximate surface area is 248 Å². The highest BCUT2D eigenvalue weighted by molar-refractivity contribution is 8.00. The maximum Gasteiger partial charge on any atom is 0.347 e. The van der Waals surface area contributed by atoms with Crippen molar-refractivity contribution in [2.24, 2.45) is 11.3 Å². The number of fused-ring (bicyclic) bond motifs is 2. The number of methoxy groups -OCH3 is 1. The van der Waals surface area contributed by atoms with E-state index in [0.29, 0.717) is 10.7 Å². The number of carbonyl (C=O) groups is 4. The van der Waals surface area contributed by atoms with Gasteiger partial charge in [-0.15, -0.1) is 21.8 Å². The van der Waals surface area contributed by atoms with Crippen molar-refractivity contribution >= 4 is 63.5 Å². The maximum absolute atomic E-state index is 14.4. The highest BCUT2D eigenvalue weighted by Gasteiger charge is 2.53. The molecule has 0 saturated carbocycles. The predicted molar refractivity (Wildman–Crippen MR) is 162 cm³/mol. The molecule has 1 aliphatic rings. The smallest absolute Gasteiger partial charge is 0.347 e. The van der Waals surface area contributed by atoms with Crippen LogP contribution in [0, 0.1) is 11.3 Å². The van der Waals surface area contributed by atoms with Gasteiger partial charge in [0.2, 0.25) is 0 Å². The third-order valence-electron chi connectivity index (χ3n) is 7.15. The first-order valence-electron chi connectivity index (χ1n) is 13.2. The van der Waals surface area contributed by atoms with Crippen LogP contribution in [0.2, 0.25) is 5.02 Å². The fourth-order valence-corrected chi connectivity index (χ4v) is 7.02. The first-order chi connectivity index (χ1) is 19.3. The summed E-state index contributed by atoms with van der Waals surface area (Å²) in [5.41, 5.74) is 4.86. The Kier molecular flexibility index (Phi) is 8.94. The molecule has 4 atom stereocenters. The number of ketones is 1. The first kappa shape index (κ1) is 30.7. The zero-order valence-electron chi connectivity index (χ0n) is 23.6. The van der Waals surface area contributed by atoms with Gasteiger partial charge in [0.05, 0.1) is 12.4 Å². The molecule has 0 saturated heterocycles. The van der Waals surface area contributed by atoms with E-state index in [2.05, 4.69) is 5.43 Å². The molecule has 41 heavy (non-hydrogen) atoms. The zero-order chi connectivity index (χ0) is 30.1. The van der Waals surface area contributed by atoms with Gasteiger partial charge in [-0.1, -0.05) is 74.8 Å². The number of carboxylic acids is 1. The second-order valence-electron chi connectivity index (χ2n) is 11.4. The molecule has 216 valence electrons. The fraction of sp³-hybridized carbons (Fsp3) is 0.355. The molecule has 1 amide bonds. The van der Waals surface area contributed by atoms with Crippen LogP contribution in [-0.2, 0) is 23.9 Å². The summed E-state index contributed by atoms with van der Waals surface area (Å²) in [6.07, 6.45) is 0. The summed E-state index contributed by atoms with van der Waals surface area (Å²) < 4.78 is 4.39. The molecule has 8 nitrogen and oxygen atoms in total. The molecule has 0 aliphatic carbocycles. The van der Waals surface area contributed by atoms with E-state index in [1.165, 1.54) is 11.8 Å². The van der Waals surface area contributed by atoms with Gasteiger partial charge in [-0.2, -0.15) is 0 Å². The number of carboxylic acid groups (broad SMARTS) is 1. The summed E-state index contributed by atoms with van der Waals surface area (Å²) in [5.74, 6) is -5.21. The molecule has 0 bridgehead atoms. The topological polar surface area (TPSA) is 110 Å². The van der Waals surface area contributed by atoms with Gasteiger partial charge in [-0.25, -0.2) is 4.79 Å². The minimum absolute atomic E-state index is 0.0367. The maximum atomic E-state index is 14.4. The second-order valence-corrected chi connectivity index (χ2v) is 13.0. The van der Waals surface area contributed by atoms with Crippen molar-refractivity contribution in [1.82, 2.24) is 10.0 Å². The lowest BCUT2D eigenvalue weighted by molar-refractivity contribution is -0.159. The van der Waals surface area contributed by atoms with Crippen molar-refractivity contribution < 1.29 is 29.0 Å². The SMILES string of the molecule is COC(=O)[C@@H](N[N@+]1(CC(C)(C)C)C(=O)CS[C@H](c2cccc3ccccc23)c2cc(Cl)ccc21)C(C(C)=O)C(=O)O. The van der Waals surface area contributed by atoms with Crippen LogP contribution in [0.5, 0.6) is 0 Å². The lowest BCUT2D eigenvalue weighted by atomic mass is 9.92. The van der Waals surface area contributed by atoms with Crippen LogP contribution in [0.25, 0.3) is 10.8 Å². The molecule has 0 aromatic heterocycles. The number of rotatable bonds is 8. The van der Waals surface area contributed by atoms with Crippen molar-refractivity contribution in [2.45, 2.75) is 39.0 Å². The van der Waals surface area contributed by atoms with Crippen molar-refractivity contribution in [3.05, 3.63) is 76.8 Å². The van der Waals surface area contributed by atoms with E-state index in [1.54, 1.807) is 12.1 Å². The number of esters is 1. The van der Waals surface area contributed by atoms with E-state index in [4.69, 9.17) is 16.3 Å². The number of hydrogen-bond donors (Lipinski definition) is 2. The standard InChI is InChI=1S/C31H33ClN2O6S/c1-18(35)26(29(37)38)27(30(39)40-5)33-34(17-31(2,3)4)24-14-13-20(32)15-23(24)28(41-16-25(34)36)22-12-8-10-19-9-6-7-11-21(19)22/h6-15,26-28,33H,16-17H2,1-5H3/p+1/t26?,27-,28+,34-/m0/s1. The largest absolute Gasteiger partial charge is 0.481 e. The molecule has 2 N–H and O–H groups in total. The number of quaternary nitrogens is 1. The van der Waals surface area contributed by atoms with E-state index in [1.807, 2.05) is 69.3 Å². The number of nitrogens with one attached hydrogen (secondary N) is 1. The third-order valence-corrected chi connectivity index (χ3v) is 8.64. The van der Waals surface area contributed by atoms with E-state index in [-0.39, 0.29) is 23.5 Å². The summed E-state index contributed by atoms with van der Waals surface area (Å²) in [4.78, 5) is 52.3. The number of halogens is 1. The first-order valence-corrected chi connectivity index (χ1v) is 14.6. The summed E-state index contributed by atoms with van der Waals surface area (Å²) in [7, 11) is 1.12. The van der Waals surface area contributed by atoms with Gasteiger partial charge in [0.1, 0.15) is 24.0 Å². The Hall–Kier alpha value is -3.24. The summed E-state index contributed by atoms with van der Waals surface area (Å²) in [6.45, 7) is 7.11. The molecule has 3 aromatic rings. The molecule has 0 radical (unpaired) electrons. The predicted octanol–water partition coefficient (Wildman–Crippen LogP) is 5.55. The highest BCUT2D eigenvalue weighted by atomic mass is 35.5. The normalized spacial score (nSPS) is 20.5. The lowest BCUT2D eigenvalue weighted by Crippen LogP contribution is -2.72. The second kappa shape index (κ2) is 11.9.